The molecule has 3 rings (SSSR count). The van der Waals surface area contributed by atoms with Crippen molar-refractivity contribution in [2.24, 2.45) is 10.2 Å². The Morgan fingerprint density at radius 2 is 1.96 bits per heavy atom. The van der Waals surface area contributed by atoms with E-state index in [1.165, 1.54) is 0 Å². The maximum Gasteiger partial charge on any atom is 0.161 e. The van der Waals surface area contributed by atoms with Gasteiger partial charge in [-0.1, -0.05) is 11.6 Å². The lowest BCUT2D eigenvalue weighted by molar-refractivity contribution is 0.112. The lowest BCUT2D eigenvalue weighted by atomic mass is 10.2. The fraction of sp³-hybridized carbons (Fsp3) is 0.250. The number of ether oxygens (including phenoxy) is 1. The van der Waals surface area contributed by atoms with Crippen LogP contribution in [0.2, 0.25) is 5.02 Å². The minimum Gasteiger partial charge on any atom is -0.378 e. The van der Waals surface area contributed by atoms with E-state index >= 15 is 0 Å². The van der Waals surface area contributed by atoms with Gasteiger partial charge in [-0.2, -0.15) is 5.26 Å². The van der Waals surface area contributed by atoms with Crippen LogP contribution in [0, 0.1) is 11.3 Å². The van der Waals surface area contributed by atoms with E-state index < -0.39 is 0 Å². The monoisotopic (exact) mass is 360 g/mol. The van der Waals surface area contributed by atoms with E-state index in [-0.39, 0.29) is 15.5 Å². The highest BCUT2D eigenvalue weighted by Gasteiger charge is 2.16. The van der Waals surface area contributed by atoms with Crippen molar-refractivity contribution in [2.45, 2.75) is 0 Å². The topological polar surface area (TPSA) is 78.1 Å². The molecule has 6 nitrogen and oxygen atoms in total. The molecule has 1 fully saturated rings. The number of hydrogen-bond acceptors (Lipinski definition) is 7. The van der Waals surface area contributed by atoms with Gasteiger partial charge < -0.3 is 9.64 Å². The molecule has 0 aliphatic carbocycles. The van der Waals surface area contributed by atoms with Gasteiger partial charge in [-0.15, -0.1) is 21.6 Å². The van der Waals surface area contributed by atoms with Crippen molar-refractivity contribution in [1.29, 1.82) is 5.26 Å². The molecular weight excluding hydrogens is 348 g/mol. The fourth-order valence-corrected chi connectivity index (χ4v) is 3.44. The molecule has 2 heterocycles. The molecule has 0 unspecified atom stereocenters. The average Bonchev–Trinajstić information content (AvgIpc) is 2.96. The van der Waals surface area contributed by atoms with Gasteiger partial charge in [0.1, 0.15) is 11.6 Å². The number of aldehydes is 1. The maximum absolute atomic E-state index is 10.9. The van der Waals surface area contributed by atoms with E-state index in [0.29, 0.717) is 17.0 Å². The third-order valence-corrected chi connectivity index (χ3v) is 5.06. The molecule has 0 N–H and O–H groups in total. The van der Waals surface area contributed by atoms with Gasteiger partial charge in [0.05, 0.1) is 28.8 Å². The van der Waals surface area contributed by atoms with Gasteiger partial charge in [-0.05, 0) is 24.3 Å². The second kappa shape index (κ2) is 7.53. The number of anilines is 1. The van der Waals surface area contributed by atoms with Crippen LogP contribution in [0.15, 0.2) is 34.5 Å². The molecule has 0 spiro atoms. The van der Waals surface area contributed by atoms with Gasteiger partial charge in [-0.3, -0.25) is 4.79 Å². The zero-order valence-electron chi connectivity index (χ0n) is 12.6. The van der Waals surface area contributed by atoms with Gasteiger partial charge >= 0.3 is 0 Å². The first-order valence-electron chi connectivity index (χ1n) is 7.25. The van der Waals surface area contributed by atoms with Crippen LogP contribution in [0.4, 0.5) is 16.4 Å². The van der Waals surface area contributed by atoms with E-state index in [9.17, 15) is 4.79 Å². The zero-order valence-corrected chi connectivity index (χ0v) is 14.2. The predicted octanol–water partition coefficient (Wildman–Crippen LogP) is 4.34. The third kappa shape index (κ3) is 3.46. The summed E-state index contributed by atoms with van der Waals surface area (Å²) in [6.45, 7) is 3.20. The highest BCUT2D eigenvalue weighted by molar-refractivity contribution is 7.18. The lowest BCUT2D eigenvalue weighted by Gasteiger charge is -2.28. The Bertz CT molecular complexity index is 805. The van der Waals surface area contributed by atoms with Crippen molar-refractivity contribution < 1.29 is 9.53 Å². The number of nitriles is 1. The number of morpholine rings is 1. The maximum atomic E-state index is 10.9. The molecule has 1 aliphatic heterocycles. The minimum absolute atomic E-state index is 0.133. The Morgan fingerprint density at radius 1 is 1.25 bits per heavy atom. The van der Waals surface area contributed by atoms with Gasteiger partial charge in [-0.25, -0.2) is 0 Å². The summed E-state index contributed by atoms with van der Waals surface area (Å²) in [6.07, 6.45) is 0.615. The molecule has 0 saturated carbocycles. The molecule has 1 aromatic heterocycles. The molecule has 8 heteroatoms. The summed E-state index contributed by atoms with van der Waals surface area (Å²) in [4.78, 5) is 13.4. The molecule has 122 valence electrons. The number of azo groups is 1. The molecule has 1 aliphatic rings. The average molecular weight is 361 g/mol. The van der Waals surface area contributed by atoms with Crippen molar-refractivity contribution >= 4 is 45.6 Å². The fourth-order valence-electron chi connectivity index (χ4n) is 2.31. The van der Waals surface area contributed by atoms with Gasteiger partial charge in [0.15, 0.2) is 11.3 Å². The van der Waals surface area contributed by atoms with Crippen molar-refractivity contribution in [2.75, 3.05) is 31.2 Å². The number of rotatable bonds is 4. The zero-order chi connectivity index (χ0) is 16.9. The standard InChI is InChI=1S/C16H13ClN4O2S/c17-15-13(9-18)16(24-14(15)10-22)20-19-11-1-3-12(4-2-11)21-5-7-23-8-6-21/h1-4,10H,5-8H2. The van der Waals surface area contributed by atoms with Gasteiger partial charge in [0.2, 0.25) is 0 Å². The van der Waals surface area contributed by atoms with Crippen molar-refractivity contribution in [3.05, 3.63) is 39.7 Å². The summed E-state index contributed by atoms with van der Waals surface area (Å²) in [5.74, 6) is 0. The smallest absolute Gasteiger partial charge is 0.161 e. The van der Waals surface area contributed by atoms with E-state index in [4.69, 9.17) is 21.6 Å². The second-order valence-corrected chi connectivity index (χ2v) is 6.41. The molecule has 0 bridgehead atoms. The van der Waals surface area contributed by atoms with Crippen LogP contribution in [-0.2, 0) is 4.74 Å². The predicted molar refractivity (Wildman–Crippen MR) is 93.1 cm³/mol. The SMILES string of the molecule is N#Cc1c(N=Nc2ccc(N3CCOCC3)cc2)sc(C=O)c1Cl. The van der Waals surface area contributed by atoms with Crippen LogP contribution in [0.3, 0.4) is 0 Å². The van der Waals surface area contributed by atoms with Crippen LogP contribution in [0.5, 0.6) is 0 Å². The van der Waals surface area contributed by atoms with Gasteiger partial charge in [0.25, 0.3) is 0 Å². The molecule has 0 radical (unpaired) electrons. The summed E-state index contributed by atoms with van der Waals surface area (Å²) < 4.78 is 5.34. The first kappa shape index (κ1) is 16.6. The molecule has 1 aromatic carbocycles. The van der Waals surface area contributed by atoms with E-state index in [1.807, 2.05) is 30.3 Å². The second-order valence-electron chi connectivity index (χ2n) is 5.01. The third-order valence-electron chi connectivity index (χ3n) is 3.56. The van der Waals surface area contributed by atoms with E-state index in [0.717, 1.165) is 43.3 Å². The van der Waals surface area contributed by atoms with Crippen molar-refractivity contribution in [3.8, 4) is 6.07 Å². The highest BCUT2D eigenvalue weighted by atomic mass is 35.5. The summed E-state index contributed by atoms with van der Waals surface area (Å²) in [5.41, 5.74) is 1.95. The van der Waals surface area contributed by atoms with Crippen LogP contribution < -0.4 is 4.90 Å². The van der Waals surface area contributed by atoms with E-state index in [2.05, 4.69) is 15.1 Å². The number of hydrogen-bond donors (Lipinski definition) is 0. The Kier molecular flexibility index (Phi) is 5.20. The normalized spacial score (nSPS) is 14.8. The Labute approximate surface area is 147 Å². The van der Waals surface area contributed by atoms with Crippen LogP contribution in [-0.4, -0.2) is 32.6 Å². The number of carbonyl (C=O) groups excluding carboxylic acids is 1. The number of thiophene rings is 1. The van der Waals surface area contributed by atoms with Crippen LogP contribution in [0.25, 0.3) is 0 Å². The molecule has 0 amide bonds. The Balaban J connectivity index is 1.77. The molecule has 1 saturated heterocycles. The quantitative estimate of drug-likeness (QED) is 0.600. The Hall–Kier alpha value is -2.27. The largest absolute Gasteiger partial charge is 0.378 e. The number of benzene rings is 1. The van der Waals surface area contributed by atoms with Gasteiger partial charge in [0, 0.05) is 18.8 Å². The van der Waals surface area contributed by atoms with Crippen molar-refractivity contribution in [3.63, 3.8) is 0 Å². The number of carbonyl (C=O) groups is 1. The molecule has 24 heavy (non-hydrogen) atoms. The lowest BCUT2D eigenvalue weighted by Crippen LogP contribution is -2.36. The minimum atomic E-state index is 0.133. The number of nitrogens with zero attached hydrogens (tertiary/aromatic N) is 4. The summed E-state index contributed by atoms with van der Waals surface area (Å²) >= 11 is 7.01. The Morgan fingerprint density at radius 3 is 2.58 bits per heavy atom. The number of halogens is 1. The highest BCUT2D eigenvalue weighted by Crippen LogP contribution is 2.38. The summed E-state index contributed by atoms with van der Waals surface area (Å²) in [5, 5.41) is 17.8. The first-order chi connectivity index (χ1) is 11.7. The van der Waals surface area contributed by atoms with Crippen LogP contribution >= 0.6 is 22.9 Å². The summed E-state index contributed by atoms with van der Waals surface area (Å²) in [7, 11) is 0. The molecular formula is C16H13ClN4O2S. The first-order valence-corrected chi connectivity index (χ1v) is 8.44. The van der Waals surface area contributed by atoms with Crippen LogP contribution in [0.1, 0.15) is 15.2 Å². The van der Waals surface area contributed by atoms with E-state index in [1.54, 1.807) is 0 Å². The molecule has 2 aromatic rings. The molecule has 0 atom stereocenters. The summed E-state index contributed by atoms with van der Waals surface area (Å²) in [6, 6.07) is 9.62. The van der Waals surface area contributed by atoms with Crippen molar-refractivity contribution in [1.82, 2.24) is 0 Å².